The summed E-state index contributed by atoms with van der Waals surface area (Å²) in [6.07, 6.45) is 1.20. The van der Waals surface area contributed by atoms with Crippen LogP contribution in [-0.2, 0) is 0 Å². The summed E-state index contributed by atoms with van der Waals surface area (Å²) in [6, 6.07) is 8.22. The Morgan fingerprint density at radius 3 is 2.89 bits per heavy atom. The number of para-hydroxylation sites is 2. The molecule has 1 saturated heterocycles. The number of likely N-dealkylation sites (tertiary alicyclic amines) is 1. The second-order valence-corrected chi connectivity index (χ2v) is 5.69. The summed E-state index contributed by atoms with van der Waals surface area (Å²) in [5.74, 6) is 2.28. The lowest BCUT2D eigenvalue weighted by molar-refractivity contribution is 0.0436. The third-order valence-electron chi connectivity index (χ3n) is 4.09. The van der Waals surface area contributed by atoms with E-state index in [1.54, 1.807) is 0 Å². The maximum Gasteiger partial charge on any atom is 0.161 e. The summed E-state index contributed by atoms with van der Waals surface area (Å²) in [7, 11) is 0. The zero-order valence-electron chi connectivity index (χ0n) is 11.4. The van der Waals surface area contributed by atoms with E-state index in [9.17, 15) is 0 Å². The van der Waals surface area contributed by atoms with Crippen molar-refractivity contribution in [2.24, 2.45) is 11.7 Å². The van der Waals surface area contributed by atoms with Gasteiger partial charge in [0.25, 0.3) is 0 Å². The monoisotopic (exact) mass is 262 g/mol. The maximum absolute atomic E-state index is 6.05. The van der Waals surface area contributed by atoms with Crippen LogP contribution in [0.4, 0.5) is 0 Å². The van der Waals surface area contributed by atoms with E-state index in [1.165, 1.54) is 0 Å². The highest BCUT2D eigenvalue weighted by Crippen LogP contribution is 2.31. The molecular formula is C15H22N2O2. The van der Waals surface area contributed by atoms with Gasteiger partial charge in [-0.1, -0.05) is 19.1 Å². The lowest BCUT2D eigenvalue weighted by Crippen LogP contribution is -2.50. The SMILES string of the molecule is CC1CN(CC2COc3ccccc3O2)CCC1N. The molecule has 4 nitrogen and oxygen atoms in total. The maximum atomic E-state index is 6.05. The fourth-order valence-corrected chi connectivity index (χ4v) is 2.86. The van der Waals surface area contributed by atoms with Crippen LogP contribution >= 0.6 is 0 Å². The first kappa shape index (κ1) is 12.8. The summed E-state index contributed by atoms with van der Waals surface area (Å²) >= 11 is 0. The lowest BCUT2D eigenvalue weighted by atomic mass is 9.94. The van der Waals surface area contributed by atoms with Gasteiger partial charge in [-0.2, -0.15) is 0 Å². The van der Waals surface area contributed by atoms with Crippen molar-refractivity contribution >= 4 is 0 Å². The van der Waals surface area contributed by atoms with Gasteiger partial charge in [0.05, 0.1) is 0 Å². The largest absolute Gasteiger partial charge is 0.486 e. The molecule has 1 aromatic rings. The summed E-state index contributed by atoms with van der Waals surface area (Å²) < 4.78 is 11.7. The number of fused-ring (bicyclic) bond motifs is 1. The molecule has 104 valence electrons. The number of piperidine rings is 1. The van der Waals surface area contributed by atoms with Gasteiger partial charge >= 0.3 is 0 Å². The Morgan fingerprint density at radius 2 is 2.11 bits per heavy atom. The van der Waals surface area contributed by atoms with Crippen LogP contribution in [0.15, 0.2) is 24.3 Å². The molecule has 0 spiro atoms. The smallest absolute Gasteiger partial charge is 0.161 e. The minimum atomic E-state index is 0.122. The Labute approximate surface area is 114 Å². The summed E-state index contributed by atoms with van der Waals surface area (Å²) in [4.78, 5) is 2.44. The first-order valence-electron chi connectivity index (χ1n) is 7.09. The molecular weight excluding hydrogens is 240 g/mol. The van der Waals surface area contributed by atoms with Crippen LogP contribution in [0, 0.1) is 5.92 Å². The van der Waals surface area contributed by atoms with E-state index in [0.717, 1.165) is 37.6 Å². The molecule has 2 aliphatic rings. The summed E-state index contributed by atoms with van der Waals surface area (Å²) in [5, 5.41) is 0. The van der Waals surface area contributed by atoms with E-state index in [1.807, 2.05) is 24.3 Å². The van der Waals surface area contributed by atoms with Crippen molar-refractivity contribution in [2.45, 2.75) is 25.5 Å². The number of hydrogen-bond acceptors (Lipinski definition) is 4. The standard InChI is InChI=1S/C15H22N2O2/c1-11-8-17(7-6-13(11)16)9-12-10-18-14-4-2-3-5-15(14)19-12/h2-5,11-13H,6-10,16H2,1H3. The molecule has 1 aromatic carbocycles. The predicted molar refractivity (Wildman–Crippen MR) is 74.5 cm³/mol. The van der Waals surface area contributed by atoms with Gasteiger partial charge in [0, 0.05) is 19.1 Å². The first-order valence-corrected chi connectivity index (χ1v) is 7.09. The summed E-state index contributed by atoms with van der Waals surface area (Å²) in [6.45, 7) is 5.90. The van der Waals surface area contributed by atoms with Crippen LogP contribution in [-0.4, -0.2) is 43.3 Å². The van der Waals surface area contributed by atoms with Gasteiger partial charge < -0.3 is 15.2 Å². The van der Waals surface area contributed by atoms with Crippen molar-refractivity contribution in [1.82, 2.24) is 4.90 Å². The van der Waals surface area contributed by atoms with Crippen LogP contribution in [0.5, 0.6) is 11.5 Å². The van der Waals surface area contributed by atoms with Crippen LogP contribution in [0.25, 0.3) is 0 Å². The number of benzene rings is 1. The van der Waals surface area contributed by atoms with Gasteiger partial charge in [-0.3, -0.25) is 4.90 Å². The molecule has 0 aromatic heterocycles. The minimum absolute atomic E-state index is 0.122. The van der Waals surface area contributed by atoms with E-state index in [0.29, 0.717) is 18.6 Å². The molecule has 0 aliphatic carbocycles. The lowest BCUT2D eigenvalue weighted by Gasteiger charge is -2.37. The highest BCUT2D eigenvalue weighted by Gasteiger charge is 2.27. The quantitative estimate of drug-likeness (QED) is 0.877. The molecule has 0 radical (unpaired) electrons. The molecule has 3 atom stereocenters. The number of rotatable bonds is 2. The van der Waals surface area contributed by atoms with Crippen LogP contribution in [0.3, 0.4) is 0 Å². The van der Waals surface area contributed by atoms with Crippen molar-refractivity contribution in [3.8, 4) is 11.5 Å². The fourth-order valence-electron chi connectivity index (χ4n) is 2.86. The minimum Gasteiger partial charge on any atom is -0.486 e. The van der Waals surface area contributed by atoms with Crippen molar-refractivity contribution < 1.29 is 9.47 Å². The van der Waals surface area contributed by atoms with E-state index in [4.69, 9.17) is 15.2 Å². The molecule has 2 N–H and O–H groups in total. The van der Waals surface area contributed by atoms with Crippen molar-refractivity contribution in [3.05, 3.63) is 24.3 Å². The topological polar surface area (TPSA) is 47.7 Å². The fraction of sp³-hybridized carbons (Fsp3) is 0.600. The summed E-state index contributed by atoms with van der Waals surface area (Å²) in [5.41, 5.74) is 6.05. The number of hydrogen-bond donors (Lipinski definition) is 1. The normalized spacial score (nSPS) is 31.2. The number of nitrogens with two attached hydrogens (primary N) is 1. The molecule has 2 heterocycles. The Balaban J connectivity index is 1.57. The van der Waals surface area contributed by atoms with E-state index < -0.39 is 0 Å². The molecule has 4 heteroatoms. The second-order valence-electron chi connectivity index (χ2n) is 5.69. The van der Waals surface area contributed by atoms with Crippen molar-refractivity contribution in [2.75, 3.05) is 26.2 Å². The molecule has 0 amide bonds. The zero-order chi connectivity index (χ0) is 13.2. The molecule has 2 aliphatic heterocycles. The van der Waals surface area contributed by atoms with Gasteiger partial charge in [0.1, 0.15) is 12.7 Å². The van der Waals surface area contributed by atoms with E-state index in [2.05, 4.69) is 11.8 Å². The molecule has 0 bridgehead atoms. The number of ether oxygens (including phenoxy) is 2. The highest BCUT2D eigenvalue weighted by atomic mass is 16.6. The van der Waals surface area contributed by atoms with Gasteiger partial charge in [-0.05, 0) is 31.0 Å². The van der Waals surface area contributed by atoms with E-state index in [-0.39, 0.29) is 6.10 Å². The van der Waals surface area contributed by atoms with Gasteiger partial charge in [0.2, 0.25) is 0 Å². The zero-order valence-corrected chi connectivity index (χ0v) is 11.4. The Hall–Kier alpha value is -1.26. The van der Waals surface area contributed by atoms with Crippen molar-refractivity contribution in [3.63, 3.8) is 0 Å². The average Bonchev–Trinajstić information content (AvgIpc) is 2.43. The molecule has 3 unspecified atom stereocenters. The Kier molecular flexibility index (Phi) is 3.62. The van der Waals surface area contributed by atoms with Crippen LogP contribution in [0.1, 0.15) is 13.3 Å². The molecule has 3 rings (SSSR count). The first-order chi connectivity index (χ1) is 9.22. The van der Waals surface area contributed by atoms with Gasteiger partial charge in [0.15, 0.2) is 11.5 Å². The van der Waals surface area contributed by atoms with Crippen molar-refractivity contribution in [1.29, 1.82) is 0 Å². The van der Waals surface area contributed by atoms with E-state index >= 15 is 0 Å². The Morgan fingerprint density at radius 1 is 1.32 bits per heavy atom. The third kappa shape index (κ3) is 2.85. The second kappa shape index (κ2) is 5.39. The van der Waals surface area contributed by atoms with Gasteiger partial charge in [-0.25, -0.2) is 0 Å². The molecule has 1 fully saturated rings. The highest BCUT2D eigenvalue weighted by molar-refractivity contribution is 5.40. The third-order valence-corrected chi connectivity index (χ3v) is 4.09. The number of nitrogens with zero attached hydrogens (tertiary/aromatic N) is 1. The predicted octanol–water partition coefficient (Wildman–Crippen LogP) is 1.50. The Bertz CT molecular complexity index is 438. The van der Waals surface area contributed by atoms with Gasteiger partial charge in [-0.15, -0.1) is 0 Å². The molecule has 19 heavy (non-hydrogen) atoms. The van der Waals surface area contributed by atoms with Crippen LogP contribution < -0.4 is 15.2 Å². The average molecular weight is 262 g/mol. The van der Waals surface area contributed by atoms with Crippen LogP contribution in [0.2, 0.25) is 0 Å². The molecule has 0 saturated carbocycles.